The number of nitrogens with one attached hydrogen (secondary N) is 1. The van der Waals surface area contributed by atoms with E-state index in [9.17, 15) is 9.90 Å². The quantitative estimate of drug-likeness (QED) is 0.691. The van der Waals surface area contributed by atoms with Gasteiger partial charge in [-0.15, -0.1) is 0 Å². The molecule has 0 aromatic carbocycles. The number of rotatable bonds is 4. The van der Waals surface area contributed by atoms with Gasteiger partial charge in [-0.25, -0.2) is 0 Å². The van der Waals surface area contributed by atoms with Crippen molar-refractivity contribution in [1.82, 2.24) is 5.32 Å². The molecular weight excluding hydrogens is 244 g/mol. The molecule has 110 valence electrons. The molecule has 19 heavy (non-hydrogen) atoms. The average Bonchev–Trinajstić information content (AvgIpc) is 2.48. The van der Waals surface area contributed by atoms with E-state index in [2.05, 4.69) is 5.32 Å². The summed E-state index contributed by atoms with van der Waals surface area (Å²) >= 11 is 0. The molecule has 0 aromatic rings. The maximum absolute atomic E-state index is 12.5. The third-order valence-corrected chi connectivity index (χ3v) is 4.69. The van der Waals surface area contributed by atoms with Crippen molar-refractivity contribution in [3.05, 3.63) is 0 Å². The summed E-state index contributed by atoms with van der Waals surface area (Å²) in [6.45, 7) is 1.77. The number of amides is 1. The van der Waals surface area contributed by atoms with Gasteiger partial charge in [-0.05, 0) is 38.1 Å². The lowest BCUT2D eigenvalue weighted by atomic mass is 9.78. The first-order valence-electron chi connectivity index (χ1n) is 7.41. The van der Waals surface area contributed by atoms with Crippen LogP contribution >= 0.6 is 0 Å². The van der Waals surface area contributed by atoms with Crippen LogP contribution in [0.5, 0.6) is 0 Å². The van der Waals surface area contributed by atoms with E-state index >= 15 is 0 Å². The highest BCUT2D eigenvalue weighted by atomic mass is 16.5. The predicted octanol–water partition coefficient (Wildman–Crippen LogP) is 0.409. The van der Waals surface area contributed by atoms with Gasteiger partial charge in [-0.3, -0.25) is 4.79 Å². The number of hydrogen-bond acceptors (Lipinski definition) is 4. The monoisotopic (exact) mass is 270 g/mol. The fourth-order valence-corrected chi connectivity index (χ4v) is 3.27. The van der Waals surface area contributed by atoms with Crippen molar-refractivity contribution < 1.29 is 14.6 Å². The van der Waals surface area contributed by atoms with Crippen molar-refractivity contribution in [2.45, 2.75) is 44.1 Å². The van der Waals surface area contributed by atoms with Crippen LogP contribution in [0, 0.1) is 11.8 Å². The molecule has 5 nitrogen and oxygen atoms in total. The highest BCUT2D eigenvalue weighted by Gasteiger charge is 2.37. The zero-order valence-electron chi connectivity index (χ0n) is 11.6. The van der Waals surface area contributed by atoms with Gasteiger partial charge in [0, 0.05) is 19.1 Å². The minimum Gasteiger partial charge on any atom is -0.394 e. The summed E-state index contributed by atoms with van der Waals surface area (Å²) in [5, 5.41) is 12.7. The molecule has 4 N–H and O–H groups in total. The van der Waals surface area contributed by atoms with Crippen LogP contribution in [-0.2, 0) is 9.53 Å². The molecule has 1 heterocycles. The van der Waals surface area contributed by atoms with Crippen molar-refractivity contribution in [3.8, 4) is 0 Å². The van der Waals surface area contributed by atoms with Crippen LogP contribution in [0.4, 0.5) is 0 Å². The zero-order valence-corrected chi connectivity index (χ0v) is 11.6. The van der Waals surface area contributed by atoms with Gasteiger partial charge in [0.2, 0.25) is 5.91 Å². The first-order valence-corrected chi connectivity index (χ1v) is 7.41. The SMILES string of the molecule is NCC1CCCCC1C(=O)NC1(CO)CCOCC1. The zero-order chi connectivity index (χ0) is 13.7. The number of aliphatic hydroxyl groups excluding tert-OH is 1. The molecule has 2 atom stereocenters. The Bertz CT molecular complexity index is 303. The molecule has 1 aliphatic heterocycles. The van der Waals surface area contributed by atoms with E-state index in [-0.39, 0.29) is 18.4 Å². The standard InChI is InChI=1S/C14H26N2O3/c15-9-11-3-1-2-4-12(11)13(18)16-14(10-17)5-7-19-8-6-14/h11-12,17H,1-10,15H2,(H,16,18). The molecular formula is C14H26N2O3. The van der Waals surface area contributed by atoms with E-state index in [0.29, 0.717) is 38.5 Å². The van der Waals surface area contributed by atoms with Crippen molar-refractivity contribution in [3.63, 3.8) is 0 Å². The Morgan fingerprint density at radius 3 is 2.63 bits per heavy atom. The molecule has 2 rings (SSSR count). The molecule has 1 saturated heterocycles. The largest absolute Gasteiger partial charge is 0.394 e. The summed E-state index contributed by atoms with van der Waals surface area (Å²) in [5.41, 5.74) is 5.30. The smallest absolute Gasteiger partial charge is 0.223 e. The van der Waals surface area contributed by atoms with E-state index in [4.69, 9.17) is 10.5 Å². The highest BCUT2D eigenvalue weighted by molar-refractivity contribution is 5.80. The number of hydrogen-bond donors (Lipinski definition) is 3. The molecule has 2 unspecified atom stereocenters. The summed E-state index contributed by atoms with van der Waals surface area (Å²) < 4.78 is 5.31. The van der Waals surface area contributed by atoms with Crippen LogP contribution in [0.3, 0.4) is 0 Å². The van der Waals surface area contributed by atoms with Crippen LogP contribution in [0.25, 0.3) is 0 Å². The van der Waals surface area contributed by atoms with E-state index in [0.717, 1.165) is 19.3 Å². The van der Waals surface area contributed by atoms with E-state index < -0.39 is 5.54 Å². The van der Waals surface area contributed by atoms with Crippen LogP contribution < -0.4 is 11.1 Å². The molecule has 1 amide bonds. The van der Waals surface area contributed by atoms with Gasteiger partial charge in [0.05, 0.1) is 12.1 Å². The van der Waals surface area contributed by atoms with Crippen molar-refractivity contribution >= 4 is 5.91 Å². The molecule has 0 radical (unpaired) electrons. The predicted molar refractivity (Wildman–Crippen MR) is 72.5 cm³/mol. The maximum atomic E-state index is 12.5. The average molecular weight is 270 g/mol. The minimum absolute atomic E-state index is 0.0118. The topological polar surface area (TPSA) is 84.6 Å². The summed E-state index contributed by atoms with van der Waals surface area (Å²) in [6, 6.07) is 0. The second kappa shape index (κ2) is 6.68. The van der Waals surface area contributed by atoms with Gasteiger partial charge >= 0.3 is 0 Å². The fraction of sp³-hybridized carbons (Fsp3) is 0.929. The van der Waals surface area contributed by atoms with Crippen molar-refractivity contribution in [1.29, 1.82) is 0 Å². The fourth-order valence-electron chi connectivity index (χ4n) is 3.27. The summed E-state index contributed by atoms with van der Waals surface area (Å²) in [7, 11) is 0. The molecule has 2 fully saturated rings. The van der Waals surface area contributed by atoms with Crippen LogP contribution in [0.15, 0.2) is 0 Å². The summed E-state index contributed by atoms with van der Waals surface area (Å²) in [6.07, 6.45) is 5.62. The number of aliphatic hydroxyl groups is 1. The lowest BCUT2D eigenvalue weighted by molar-refractivity contribution is -0.132. The van der Waals surface area contributed by atoms with E-state index in [1.165, 1.54) is 6.42 Å². The first kappa shape index (κ1) is 14.8. The molecule has 0 bridgehead atoms. The second-order valence-corrected chi connectivity index (χ2v) is 5.93. The van der Waals surface area contributed by atoms with Crippen molar-refractivity contribution in [2.75, 3.05) is 26.4 Å². The highest BCUT2D eigenvalue weighted by Crippen LogP contribution is 2.30. The van der Waals surface area contributed by atoms with Gasteiger partial charge in [0.25, 0.3) is 0 Å². The lowest BCUT2D eigenvalue weighted by Gasteiger charge is -2.39. The van der Waals surface area contributed by atoms with E-state index in [1.54, 1.807) is 0 Å². The molecule has 5 heteroatoms. The third kappa shape index (κ3) is 3.46. The second-order valence-electron chi connectivity index (χ2n) is 5.93. The molecule has 0 spiro atoms. The van der Waals surface area contributed by atoms with Gasteiger partial charge in [-0.2, -0.15) is 0 Å². The Morgan fingerprint density at radius 2 is 2.00 bits per heavy atom. The number of carbonyl (C=O) groups is 1. The van der Waals surface area contributed by atoms with Gasteiger partial charge in [0.15, 0.2) is 0 Å². The normalized spacial score (nSPS) is 30.8. The molecule has 2 aliphatic rings. The Morgan fingerprint density at radius 1 is 1.32 bits per heavy atom. The third-order valence-electron chi connectivity index (χ3n) is 4.69. The van der Waals surface area contributed by atoms with Crippen LogP contribution in [-0.4, -0.2) is 42.9 Å². The Hall–Kier alpha value is -0.650. The number of carbonyl (C=O) groups excluding carboxylic acids is 1. The lowest BCUT2D eigenvalue weighted by Crippen LogP contribution is -2.57. The Balaban J connectivity index is 1.98. The minimum atomic E-state index is -0.480. The van der Waals surface area contributed by atoms with Gasteiger partial charge in [0.1, 0.15) is 0 Å². The number of ether oxygens (including phenoxy) is 1. The number of nitrogens with two attached hydrogens (primary N) is 1. The summed E-state index contributed by atoms with van der Waals surface area (Å²) in [4.78, 5) is 12.5. The Labute approximate surface area is 114 Å². The summed E-state index contributed by atoms with van der Waals surface area (Å²) in [5.74, 6) is 0.389. The molecule has 0 aromatic heterocycles. The van der Waals surface area contributed by atoms with Gasteiger partial charge in [-0.1, -0.05) is 12.8 Å². The molecule has 1 aliphatic carbocycles. The van der Waals surface area contributed by atoms with Gasteiger partial charge < -0.3 is 20.9 Å². The van der Waals surface area contributed by atoms with Crippen LogP contribution in [0.2, 0.25) is 0 Å². The van der Waals surface area contributed by atoms with Crippen molar-refractivity contribution in [2.24, 2.45) is 17.6 Å². The maximum Gasteiger partial charge on any atom is 0.223 e. The van der Waals surface area contributed by atoms with E-state index in [1.807, 2.05) is 0 Å². The van der Waals surface area contributed by atoms with Crippen LogP contribution in [0.1, 0.15) is 38.5 Å². The first-order chi connectivity index (χ1) is 9.21. The Kier molecular flexibility index (Phi) is 5.19. The molecule has 1 saturated carbocycles.